The Hall–Kier alpha value is -0.420. The van der Waals surface area contributed by atoms with Gasteiger partial charge in [-0.2, -0.15) is 0 Å². The predicted octanol–water partition coefficient (Wildman–Crippen LogP) is -0.219. The molecule has 2 aliphatic heterocycles. The second-order valence-electron chi connectivity index (χ2n) is 3.85. The van der Waals surface area contributed by atoms with Crippen molar-refractivity contribution in [2.24, 2.45) is 5.41 Å². The predicted molar refractivity (Wildman–Crippen MR) is 46.1 cm³/mol. The van der Waals surface area contributed by atoms with Gasteiger partial charge in [0.1, 0.15) is 5.75 Å². The summed E-state index contributed by atoms with van der Waals surface area (Å²) >= 11 is 0. The summed E-state index contributed by atoms with van der Waals surface area (Å²) < 4.78 is 27.6. The maximum atomic E-state index is 11.5. The van der Waals surface area contributed by atoms with Crippen molar-refractivity contribution in [2.45, 2.75) is 12.8 Å². The third-order valence-electron chi connectivity index (χ3n) is 2.89. The molecule has 2 heterocycles. The van der Waals surface area contributed by atoms with Crippen molar-refractivity contribution in [1.82, 2.24) is 0 Å². The number of ketones is 1. The van der Waals surface area contributed by atoms with E-state index < -0.39 is 15.3 Å². The molecular formula is C8H12O4S. The summed E-state index contributed by atoms with van der Waals surface area (Å²) in [6.45, 7) is 1.03. The molecule has 1 spiro atoms. The molecule has 2 fully saturated rings. The third-order valence-corrected chi connectivity index (χ3v) is 4.58. The number of carbonyl (C=O) groups excluding carboxylic acids is 1. The van der Waals surface area contributed by atoms with Gasteiger partial charge < -0.3 is 4.74 Å². The maximum Gasteiger partial charge on any atom is 0.158 e. The highest BCUT2D eigenvalue weighted by atomic mass is 32.2. The van der Waals surface area contributed by atoms with Crippen LogP contribution in [0.25, 0.3) is 0 Å². The monoisotopic (exact) mass is 204 g/mol. The van der Waals surface area contributed by atoms with E-state index in [1.807, 2.05) is 0 Å². The van der Waals surface area contributed by atoms with Crippen LogP contribution in [0, 0.1) is 5.41 Å². The normalized spacial score (nSPS) is 30.9. The van der Waals surface area contributed by atoms with Gasteiger partial charge in [0.25, 0.3) is 0 Å². The van der Waals surface area contributed by atoms with Gasteiger partial charge in [0.15, 0.2) is 15.6 Å². The molecule has 74 valence electrons. The molecule has 0 aromatic carbocycles. The van der Waals surface area contributed by atoms with E-state index in [0.29, 0.717) is 26.1 Å². The van der Waals surface area contributed by atoms with Crippen LogP contribution < -0.4 is 0 Å². The Bertz CT molecular complexity index is 324. The molecule has 0 unspecified atom stereocenters. The summed E-state index contributed by atoms with van der Waals surface area (Å²) in [6.07, 6.45) is 1.15. The molecule has 0 N–H and O–H groups in total. The zero-order valence-electron chi connectivity index (χ0n) is 7.28. The molecule has 0 aliphatic carbocycles. The van der Waals surface area contributed by atoms with Crippen molar-refractivity contribution in [2.75, 3.05) is 24.7 Å². The van der Waals surface area contributed by atoms with Crippen molar-refractivity contribution < 1.29 is 17.9 Å². The lowest BCUT2D eigenvalue weighted by atomic mass is 9.79. The molecule has 2 aliphatic rings. The number of ether oxygens (including phenoxy) is 1. The van der Waals surface area contributed by atoms with E-state index in [4.69, 9.17) is 4.74 Å². The maximum absolute atomic E-state index is 11.5. The average Bonchev–Trinajstić information content (AvgIpc) is 2.23. The van der Waals surface area contributed by atoms with Gasteiger partial charge in [-0.15, -0.1) is 0 Å². The Labute approximate surface area is 77.2 Å². The van der Waals surface area contributed by atoms with Crippen LogP contribution in [-0.4, -0.2) is 38.9 Å². The molecular weight excluding hydrogens is 192 g/mol. The quantitative estimate of drug-likeness (QED) is 0.547. The van der Waals surface area contributed by atoms with Crippen molar-refractivity contribution in [3.63, 3.8) is 0 Å². The fraction of sp³-hybridized carbons (Fsp3) is 0.875. The van der Waals surface area contributed by atoms with E-state index in [1.165, 1.54) is 0 Å². The topological polar surface area (TPSA) is 60.4 Å². The standard InChI is InChI=1S/C8H12O4S/c9-7-5-13(10,11)6-8(7)1-3-12-4-2-8/h1-6H2. The van der Waals surface area contributed by atoms with E-state index >= 15 is 0 Å². The lowest BCUT2D eigenvalue weighted by Crippen LogP contribution is -2.36. The number of hydrogen-bond donors (Lipinski definition) is 0. The number of hydrogen-bond acceptors (Lipinski definition) is 4. The molecule has 0 atom stereocenters. The lowest BCUT2D eigenvalue weighted by molar-refractivity contribution is -0.128. The van der Waals surface area contributed by atoms with Crippen LogP contribution in [0.15, 0.2) is 0 Å². The summed E-state index contributed by atoms with van der Waals surface area (Å²) in [5, 5.41) is 0. The highest BCUT2D eigenvalue weighted by Gasteiger charge is 2.50. The van der Waals surface area contributed by atoms with E-state index in [2.05, 4.69) is 0 Å². The molecule has 0 aromatic heterocycles. The summed E-state index contributed by atoms with van der Waals surface area (Å²) in [5.41, 5.74) is -0.586. The highest BCUT2D eigenvalue weighted by molar-refractivity contribution is 7.92. The van der Waals surface area contributed by atoms with Gasteiger partial charge in [0, 0.05) is 18.6 Å². The molecule has 0 aromatic rings. The first-order chi connectivity index (χ1) is 6.04. The van der Waals surface area contributed by atoms with Gasteiger partial charge >= 0.3 is 0 Å². The fourth-order valence-electron chi connectivity index (χ4n) is 2.09. The van der Waals surface area contributed by atoms with Crippen LogP contribution in [0.5, 0.6) is 0 Å². The zero-order valence-corrected chi connectivity index (χ0v) is 8.10. The van der Waals surface area contributed by atoms with Crippen molar-refractivity contribution in [3.05, 3.63) is 0 Å². The molecule has 13 heavy (non-hydrogen) atoms. The summed E-state index contributed by atoms with van der Waals surface area (Å²) in [6, 6.07) is 0. The summed E-state index contributed by atoms with van der Waals surface area (Å²) in [4.78, 5) is 11.5. The van der Waals surface area contributed by atoms with Crippen molar-refractivity contribution in [1.29, 1.82) is 0 Å². The molecule has 0 amide bonds. The minimum atomic E-state index is -3.11. The summed E-state index contributed by atoms with van der Waals surface area (Å²) in [7, 11) is -3.11. The molecule has 0 radical (unpaired) electrons. The van der Waals surface area contributed by atoms with Crippen LogP contribution in [0.1, 0.15) is 12.8 Å². The van der Waals surface area contributed by atoms with Gasteiger partial charge in [0.2, 0.25) is 0 Å². The van der Waals surface area contributed by atoms with Crippen molar-refractivity contribution >= 4 is 15.6 Å². The number of rotatable bonds is 0. The van der Waals surface area contributed by atoms with Crippen LogP contribution in [0.4, 0.5) is 0 Å². The van der Waals surface area contributed by atoms with Gasteiger partial charge in [-0.3, -0.25) is 4.79 Å². The van der Waals surface area contributed by atoms with E-state index in [-0.39, 0.29) is 17.3 Å². The van der Waals surface area contributed by atoms with Crippen LogP contribution in [-0.2, 0) is 19.4 Å². The average molecular weight is 204 g/mol. The van der Waals surface area contributed by atoms with Gasteiger partial charge in [-0.1, -0.05) is 0 Å². The Morgan fingerprint density at radius 1 is 1.23 bits per heavy atom. The molecule has 0 bridgehead atoms. The van der Waals surface area contributed by atoms with Gasteiger partial charge in [-0.05, 0) is 12.8 Å². The first-order valence-corrected chi connectivity index (χ1v) is 6.18. The number of Topliss-reactive ketones (excluding diaryl/α,β-unsaturated/α-hetero) is 1. The minimum absolute atomic E-state index is 0.0438. The molecule has 5 heteroatoms. The van der Waals surface area contributed by atoms with E-state index in [9.17, 15) is 13.2 Å². The van der Waals surface area contributed by atoms with E-state index in [0.717, 1.165) is 0 Å². The molecule has 0 saturated carbocycles. The second kappa shape index (κ2) is 2.78. The summed E-state index contributed by atoms with van der Waals surface area (Å²) in [5.74, 6) is -0.314. The SMILES string of the molecule is O=C1CS(=O)(=O)CC12CCOCC2. The van der Waals surface area contributed by atoms with Crippen LogP contribution in [0.2, 0.25) is 0 Å². The van der Waals surface area contributed by atoms with Crippen LogP contribution in [0.3, 0.4) is 0 Å². The van der Waals surface area contributed by atoms with E-state index in [1.54, 1.807) is 0 Å². The lowest BCUT2D eigenvalue weighted by Gasteiger charge is -2.29. The number of sulfone groups is 1. The first-order valence-electron chi connectivity index (χ1n) is 4.36. The number of carbonyl (C=O) groups is 1. The second-order valence-corrected chi connectivity index (χ2v) is 5.91. The Kier molecular flexibility index (Phi) is 1.96. The van der Waals surface area contributed by atoms with Crippen molar-refractivity contribution in [3.8, 4) is 0 Å². The fourth-order valence-corrected chi connectivity index (χ4v) is 4.19. The minimum Gasteiger partial charge on any atom is -0.381 e. The zero-order chi connectivity index (χ0) is 9.53. The molecule has 2 rings (SSSR count). The molecule has 2 saturated heterocycles. The van der Waals surface area contributed by atoms with Gasteiger partial charge in [0.05, 0.1) is 5.75 Å². The van der Waals surface area contributed by atoms with Crippen LogP contribution >= 0.6 is 0 Å². The smallest absolute Gasteiger partial charge is 0.158 e. The third kappa shape index (κ3) is 1.50. The Balaban J connectivity index is 2.28. The van der Waals surface area contributed by atoms with Gasteiger partial charge in [-0.25, -0.2) is 8.42 Å². The highest BCUT2D eigenvalue weighted by Crippen LogP contribution is 2.38. The first kappa shape index (κ1) is 9.15. The largest absolute Gasteiger partial charge is 0.381 e. The molecule has 4 nitrogen and oxygen atoms in total. The Morgan fingerprint density at radius 3 is 2.31 bits per heavy atom. The Morgan fingerprint density at radius 2 is 1.85 bits per heavy atom.